The van der Waals surface area contributed by atoms with Crippen LogP contribution in [0, 0.1) is 5.82 Å². The van der Waals surface area contributed by atoms with E-state index in [1.54, 1.807) is 36.7 Å². The predicted octanol–water partition coefficient (Wildman–Crippen LogP) is 3.82. The number of halogens is 1. The van der Waals surface area contributed by atoms with E-state index >= 15 is 0 Å². The minimum atomic E-state index is -0.279. The Kier molecular flexibility index (Phi) is 4.43. The fourth-order valence-electron chi connectivity index (χ4n) is 2.27. The summed E-state index contributed by atoms with van der Waals surface area (Å²) >= 11 is 0. The highest BCUT2D eigenvalue weighted by Crippen LogP contribution is 2.20. The molecule has 2 aromatic carbocycles. The van der Waals surface area contributed by atoms with Crippen molar-refractivity contribution in [3.63, 3.8) is 0 Å². The normalized spacial score (nSPS) is 10.3. The van der Waals surface area contributed by atoms with Gasteiger partial charge >= 0.3 is 0 Å². The summed E-state index contributed by atoms with van der Waals surface area (Å²) in [6.07, 6.45) is 3.41. The van der Waals surface area contributed by atoms with E-state index in [9.17, 15) is 9.18 Å². The van der Waals surface area contributed by atoms with Crippen LogP contribution in [-0.2, 0) is 6.54 Å². The minimum Gasteiger partial charge on any atom is -0.348 e. The summed E-state index contributed by atoms with van der Waals surface area (Å²) in [6.45, 7) is 0.424. The Balaban J connectivity index is 1.74. The lowest BCUT2D eigenvalue weighted by Gasteiger charge is -2.07. The number of nitrogens with zero attached hydrogens (tertiary/aromatic N) is 1. The van der Waals surface area contributed by atoms with Gasteiger partial charge in [-0.3, -0.25) is 9.78 Å². The molecule has 3 rings (SSSR count). The molecule has 4 heteroatoms. The first kappa shape index (κ1) is 14.9. The van der Waals surface area contributed by atoms with Crippen LogP contribution >= 0.6 is 0 Å². The minimum absolute atomic E-state index is 0.155. The molecule has 3 aromatic rings. The van der Waals surface area contributed by atoms with Crippen LogP contribution in [-0.4, -0.2) is 10.9 Å². The summed E-state index contributed by atoms with van der Waals surface area (Å²) in [5, 5.41) is 2.86. The van der Waals surface area contributed by atoms with Crippen LogP contribution in [0.3, 0.4) is 0 Å². The smallest absolute Gasteiger partial charge is 0.251 e. The number of rotatable bonds is 4. The molecule has 3 nitrogen and oxygen atoms in total. The maximum atomic E-state index is 13.0. The van der Waals surface area contributed by atoms with Gasteiger partial charge in [0.25, 0.3) is 5.91 Å². The van der Waals surface area contributed by atoms with E-state index in [0.29, 0.717) is 12.1 Å². The molecule has 0 radical (unpaired) electrons. The fourth-order valence-corrected chi connectivity index (χ4v) is 2.27. The first-order valence-corrected chi connectivity index (χ1v) is 7.25. The van der Waals surface area contributed by atoms with Gasteiger partial charge < -0.3 is 5.32 Å². The quantitative estimate of drug-likeness (QED) is 0.796. The van der Waals surface area contributed by atoms with E-state index in [4.69, 9.17) is 0 Å². The third kappa shape index (κ3) is 3.80. The fraction of sp³-hybridized carbons (Fsp3) is 0.0526. The zero-order valence-corrected chi connectivity index (χ0v) is 12.4. The van der Waals surface area contributed by atoms with Crippen molar-refractivity contribution in [3.05, 3.63) is 90.0 Å². The van der Waals surface area contributed by atoms with Crippen LogP contribution in [0.4, 0.5) is 4.39 Å². The lowest BCUT2D eigenvalue weighted by molar-refractivity contribution is 0.0951. The van der Waals surface area contributed by atoms with Crippen LogP contribution in [0.2, 0.25) is 0 Å². The second kappa shape index (κ2) is 6.83. The molecule has 1 heterocycles. The molecular weight excluding hydrogens is 291 g/mol. The summed E-state index contributed by atoms with van der Waals surface area (Å²) in [5.41, 5.74) is 3.25. The van der Waals surface area contributed by atoms with Crippen molar-refractivity contribution in [2.24, 2.45) is 0 Å². The number of aromatic nitrogens is 1. The maximum Gasteiger partial charge on any atom is 0.251 e. The zero-order chi connectivity index (χ0) is 16.1. The predicted molar refractivity (Wildman–Crippen MR) is 87.2 cm³/mol. The van der Waals surface area contributed by atoms with Crippen molar-refractivity contribution in [3.8, 4) is 11.1 Å². The molecule has 1 aromatic heterocycles. The molecule has 23 heavy (non-hydrogen) atoms. The first-order chi connectivity index (χ1) is 11.2. The summed E-state index contributed by atoms with van der Waals surface area (Å²) < 4.78 is 13.0. The van der Waals surface area contributed by atoms with Gasteiger partial charge in [0.05, 0.1) is 0 Å². The molecule has 1 N–H and O–H groups in total. The van der Waals surface area contributed by atoms with Gasteiger partial charge in [-0.05, 0) is 47.0 Å². The molecule has 0 aliphatic rings. The van der Waals surface area contributed by atoms with Crippen molar-refractivity contribution in [1.82, 2.24) is 10.3 Å². The molecule has 114 valence electrons. The summed E-state index contributed by atoms with van der Waals surface area (Å²) in [4.78, 5) is 16.3. The molecule has 0 bridgehead atoms. The monoisotopic (exact) mass is 306 g/mol. The summed E-state index contributed by atoms with van der Waals surface area (Å²) in [5.74, 6) is -0.433. The molecule has 0 aliphatic heterocycles. The third-order valence-corrected chi connectivity index (χ3v) is 3.48. The number of nitrogens with one attached hydrogen (secondary N) is 1. The van der Waals surface area contributed by atoms with Crippen LogP contribution in [0.5, 0.6) is 0 Å². The molecule has 0 saturated heterocycles. The Morgan fingerprint density at radius 1 is 1.00 bits per heavy atom. The maximum absolute atomic E-state index is 13.0. The van der Waals surface area contributed by atoms with E-state index < -0.39 is 0 Å². The largest absolute Gasteiger partial charge is 0.348 e. The number of hydrogen-bond acceptors (Lipinski definition) is 2. The molecule has 0 saturated carbocycles. The highest BCUT2D eigenvalue weighted by molar-refractivity contribution is 5.95. The molecule has 0 fully saturated rings. The van der Waals surface area contributed by atoms with Gasteiger partial charge in [0.2, 0.25) is 0 Å². The highest BCUT2D eigenvalue weighted by Gasteiger charge is 2.07. The second-order valence-electron chi connectivity index (χ2n) is 5.13. The number of carbonyl (C=O) groups excluding carboxylic acids is 1. The Morgan fingerprint density at radius 3 is 2.57 bits per heavy atom. The highest BCUT2D eigenvalue weighted by atomic mass is 19.1. The second-order valence-corrected chi connectivity index (χ2v) is 5.13. The number of benzene rings is 2. The molecular formula is C19H15FN2O. The van der Waals surface area contributed by atoms with Gasteiger partial charge in [-0.2, -0.15) is 0 Å². The standard InChI is InChI=1S/C19H15FN2O/c20-18-8-6-15(7-9-18)16-4-1-5-17(11-16)19(23)22-13-14-3-2-10-21-12-14/h1-12H,13H2,(H,22,23). The number of amides is 1. The SMILES string of the molecule is O=C(NCc1cccnc1)c1cccc(-c2ccc(F)cc2)c1. The molecule has 1 amide bonds. The van der Waals surface area contributed by atoms with Crippen LogP contribution < -0.4 is 5.32 Å². The third-order valence-electron chi connectivity index (χ3n) is 3.48. The summed E-state index contributed by atoms with van der Waals surface area (Å²) in [7, 11) is 0. The van der Waals surface area contributed by atoms with Crippen molar-refractivity contribution < 1.29 is 9.18 Å². The van der Waals surface area contributed by atoms with E-state index in [1.807, 2.05) is 24.3 Å². The Bertz CT molecular complexity index is 801. The lowest BCUT2D eigenvalue weighted by atomic mass is 10.0. The van der Waals surface area contributed by atoms with Crippen LogP contribution in [0.1, 0.15) is 15.9 Å². The van der Waals surface area contributed by atoms with Crippen molar-refractivity contribution in [2.45, 2.75) is 6.54 Å². The number of carbonyl (C=O) groups is 1. The van der Waals surface area contributed by atoms with Crippen LogP contribution in [0.15, 0.2) is 73.1 Å². The van der Waals surface area contributed by atoms with E-state index in [0.717, 1.165) is 16.7 Å². The molecule has 0 unspecified atom stereocenters. The van der Waals surface area contributed by atoms with Crippen molar-refractivity contribution >= 4 is 5.91 Å². The number of pyridine rings is 1. The Hall–Kier alpha value is -3.01. The van der Waals surface area contributed by atoms with Gasteiger partial charge in [-0.1, -0.05) is 30.3 Å². The van der Waals surface area contributed by atoms with Crippen molar-refractivity contribution in [1.29, 1.82) is 0 Å². The van der Waals surface area contributed by atoms with Crippen LogP contribution in [0.25, 0.3) is 11.1 Å². The average Bonchev–Trinajstić information content (AvgIpc) is 2.61. The Labute approximate surface area is 133 Å². The topological polar surface area (TPSA) is 42.0 Å². The van der Waals surface area contributed by atoms with E-state index in [2.05, 4.69) is 10.3 Å². The van der Waals surface area contributed by atoms with Gasteiger partial charge in [0.1, 0.15) is 5.82 Å². The van der Waals surface area contributed by atoms with Gasteiger partial charge in [0, 0.05) is 24.5 Å². The summed E-state index contributed by atoms with van der Waals surface area (Å²) in [6, 6.07) is 17.2. The number of hydrogen-bond donors (Lipinski definition) is 1. The average molecular weight is 306 g/mol. The van der Waals surface area contributed by atoms with Gasteiger partial charge in [-0.15, -0.1) is 0 Å². The molecule has 0 atom stereocenters. The first-order valence-electron chi connectivity index (χ1n) is 7.25. The van der Waals surface area contributed by atoms with E-state index in [1.165, 1.54) is 12.1 Å². The van der Waals surface area contributed by atoms with Crippen molar-refractivity contribution in [2.75, 3.05) is 0 Å². The van der Waals surface area contributed by atoms with Gasteiger partial charge in [0.15, 0.2) is 0 Å². The van der Waals surface area contributed by atoms with E-state index in [-0.39, 0.29) is 11.7 Å². The Morgan fingerprint density at radius 2 is 1.83 bits per heavy atom. The van der Waals surface area contributed by atoms with Gasteiger partial charge in [-0.25, -0.2) is 4.39 Å². The zero-order valence-electron chi connectivity index (χ0n) is 12.4. The lowest BCUT2D eigenvalue weighted by Crippen LogP contribution is -2.22. The molecule has 0 aliphatic carbocycles. The molecule has 0 spiro atoms.